The number of hydrogen-bond donors (Lipinski definition) is 2. The van der Waals surface area contributed by atoms with Crippen LogP contribution < -0.4 is 0 Å². The Morgan fingerprint density at radius 2 is 1.71 bits per heavy atom. The molecule has 21 heavy (non-hydrogen) atoms. The number of hydrogen-bond acceptors (Lipinski definition) is 2. The van der Waals surface area contributed by atoms with Gasteiger partial charge in [0, 0.05) is 11.4 Å². The SMILES string of the molecule is S=c1[nH]c(=S)c2c3c(n(-c4ccccc4)c2[nH]1)CCCC3. The summed E-state index contributed by atoms with van der Waals surface area (Å²) in [6.45, 7) is 0. The van der Waals surface area contributed by atoms with Gasteiger partial charge < -0.3 is 9.97 Å². The molecular weight excluding hydrogens is 298 g/mol. The third-order valence-electron chi connectivity index (χ3n) is 4.17. The largest absolute Gasteiger partial charge is 0.323 e. The Kier molecular flexibility index (Phi) is 3.05. The molecule has 4 rings (SSSR count). The molecule has 3 nitrogen and oxygen atoms in total. The van der Waals surface area contributed by atoms with Crippen LogP contribution in [0.1, 0.15) is 24.1 Å². The minimum Gasteiger partial charge on any atom is -0.323 e. The Hall–Kier alpha value is -1.72. The number of aromatic amines is 2. The molecule has 0 aliphatic heterocycles. The lowest BCUT2D eigenvalue weighted by Crippen LogP contribution is -2.07. The standard InChI is InChI=1S/C16H15N3S2/c20-15-13-11-8-4-5-9-12(11)19(10-6-2-1-3-7-10)14(13)17-16(21)18-15/h1-3,6-7H,4-5,8-9H2,(H2,17,18,20,21). The van der Waals surface area contributed by atoms with E-state index >= 15 is 0 Å². The molecule has 0 bridgehead atoms. The van der Waals surface area contributed by atoms with Crippen LogP contribution in [-0.2, 0) is 12.8 Å². The molecule has 0 saturated carbocycles. The normalized spacial score (nSPS) is 14.3. The summed E-state index contributed by atoms with van der Waals surface area (Å²) in [5.41, 5.74) is 4.95. The Morgan fingerprint density at radius 3 is 2.52 bits per heavy atom. The molecule has 1 aliphatic carbocycles. The van der Waals surface area contributed by atoms with Crippen LogP contribution in [0.5, 0.6) is 0 Å². The second-order valence-electron chi connectivity index (χ2n) is 5.44. The number of nitrogens with zero attached hydrogens (tertiary/aromatic N) is 1. The Morgan fingerprint density at radius 1 is 0.952 bits per heavy atom. The first-order valence-corrected chi connectivity index (χ1v) is 8.01. The second kappa shape index (κ2) is 4.93. The van der Waals surface area contributed by atoms with Crippen LogP contribution in [0.25, 0.3) is 16.7 Å². The number of H-pyrrole nitrogens is 2. The highest BCUT2D eigenvalue weighted by Crippen LogP contribution is 2.33. The number of benzene rings is 1. The van der Waals surface area contributed by atoms with Crippen molar-refractivity contribution in [3.05, 3.63) is 51.0 Å². The van der Waals surface area contributed by atoms with Crippen LogP contribution in [0.3, 0.4) is 0 Å². The van der Waals surface area contributed by atoms with Crippen molar-refractivity contribution < 1.29 is 0 Å². The molecule has 106 valence electrons. The summed E-state index contributed by atoms with van der Waals surface area (Å²) >= 11 is 10.8. The van der Waals surface area contributed by atoms with Crippen molar-refractivity contribution in [1.29, 1.82) is 0 Å². The highest BCUT2D eigenvalue weighted by Gasteiger charge is 2.22. The summed E-state index contributed by atoms with van der Waals surface area (Å²) in [4.78, 5) is 6.40. The second-order valence-corrected chi connectivity index (χ2v) is 6.25. The minimum atomic E-state index is 0.583. The number of aromatic nitrogens is 3. The number of nitrogens with one attached hydrogen (secondary N) is 2. The molecule has 2 aromatic heterocycles. The van der Waals surface area contributed by atoms with Crippen LogP contribution >= 0.6 is 24.4 Å². The van der Waals surface area contributed by atoms with Gasteiger partial charge in [-0.1, -0.05) is 30.4 Å². The molecule has 3 aromatic rings. The summed E-state index contributed by atoms with van der Waals surface area (Å²) in [5, 5.41) is 1.14. The summed E-state index contributed by atoms with van der Waals surface area (Å²) in [6.07, 6.45) is 4.64. The van der Waals surface area contributed by atoms with E-state index < -0.39 is 0 Å². The zero-order valence-electron chi connectivity index (χ0n) is 11.5. The van der Waals surface area contributed by atoms with Crippen LogP contribution in [-0.4, -0.2) is 14.5 Å². The topological polar surface area (TPSA) is 36.5 Å². The van der Waals surface area contributed by atoms with E-state index in [0.717, 1.165) is 34.2 Å². The van der Waals surface area contributed by atoms with Crippen LogP contribution in [0.4, 0.5) is 0 Å². The predicted molar refractivity (Wildman–Crippen MR) is 90.3 cm³/mol. The number of rotatable bonds is 1. The summed E-state index contributed by atoms with van der Waals surface area (Å²) in [6, 6.07) is 10.4. The molecule has 0 saturated heterocycles. The molecule has 0 amide bonds. The molecule has 2 N–H and O–H groups in total. The van der Waals surface area contributed by atoms with Crippen molar-refractivity contribution in [1.82, 2.24) is 14.5 Å². The van der Waals surface area contributed by atoms with Crippen LogP contribution in [0.2, 0.25) is 0 Å². The maximum atomic E-state index is 5.53. The van der Waals surface area contributed by atoms with Gasteiger partial charge in [0.25, 0.3) is 0 Å². The van der Waals surface area contributed by atoms with Crippen molar-refractivity contribution >= 4 is 35.5 Å². The lowest BCUT2D eigenvalue weighted by molar-refractivity contribution is 0.666. The van der Waals surface area contributed by atoms with Gasteiger partial charge in [-0.2, -0.15) is 0 Å². The molecule has 0 unspecified atom stereocenters. The average Bonchev–Trinajstić information content (AvgIpc) is 2.82. The first-order chi connectivity index (χ1) is 10.3. The van der Waals surface area contributed by atoms with Gasteiger partial charge in [-0.05, 0) is 55.6 Å². The van der Waals surface area contributed by atoms with Crippen molar-refractivity contribution in [3.63, 3.8) is 0 Å². The van der Waals surface area contributed by atoms with Gasteiger partial charge in [-0.25, -0.2) is 0 Å². The Bertz CT molecular complexity index is 932. The Labute approximate surface area is 132 Å². The molecular formula is C16H15N3S2. The molecule has 1 aliphatic rings. The van der Waals surface area contributed by atoms with E-state index in [1.54, 1.807) is 0 Å². The maximum Gasteiger partial charge on any atom is 0.177 e. The highest BCUT2D eigenvalue weighted by molar-refractivity contribution is 7.72. The number of aryl methyl sites for hydroxylation is 1. The fourth-order valence-corrected chi connectivity index (χ4v) is 3.91. The van der Waals surface area contributed by atoms with Crippen molar-refractivity contribution in [2.24, 2.45) is 0 Å². The van der Waals surface area contributed by atoms with E-state index in [4.69, 9.17) is 24.4 Å². The highest BCUT2D eigenvalue weighted by atomic mass is 32.1. The lowest BCUT2D eigenvalue weighted by atomic mass is 9.96. The van der Waals surface area contributed by atoms with Crippen molar-refractivity contribution in [2.75, 3.05) is 0 Å². The van der Waals surface area contributed by atoms with E-state index in [-0.39, 0.29) is 0 Å². The van der Waals surface area contributed by atoms with E-state index in [1.807, 2.05) is 6.07 Å². The van der Waals surface area contributed by atoms with E-state index in [9.17, 15) is 0 Å². The smallest absolute Gasteiger partial charge is 0.177 e. The molecule has 5 heteroatoms. The molecule has 1 aromatic carbocycles. The molecule has 0 fully saturated rings. The molecule has 0 radical (unpaired) electrons. The zero-order valence-corrected chi connectivity index (χ0v) is 13.1. The minimum absolute atomic E-state index is 0.583. The van der Waals surface area contributed by atoms with Gasteiger partial charge >= 0.3 is 0 Å². The van der Waals surface area contributed by atoms with Gasteiger partial charge in [0.05, 0.1) is 5.39 Å². The maximum absolute atomic E-state index is 5.53. The van der Waals surface area contributed by atoms with Crippen LogP contribution in [0, 0.1) is 9.41 Å². The molecule has 2 heterocycles. The fourth-order valence-electron chi connectivity index (χ4n) is 3.32. The summed E-state index contributed by atoms with van der Waals surface area (Å²) in [7, 11) is 0. The zero-order chi connectivity index (χ0) is 14.4. The molecule has 0 spiro atoms. The van der Waals surface area contributed by atoms with E-state index in [0.29, 0.717) is 4.77 Å². The number of fused-ring (bicyclic) bond motifs is 3. The van der Waals surface area contributed by atoms with E-state index in [2.05, 4.69) is 38.8 Å². The van der Waals surface area contributed by atoms with Gasteiger partial charge in [-0.3, -0.25) is 4.57 Å². The fraction of sp³-hybridized carbons (Fsp3) is 0.250. The lowest BCUT2D eigenvalue weighted by Gasteiger charge is -2.15. The third-order valence-corrected chi connectivity index (χ3v) is 4.68. The Balaban J connectivity index is 2.19. The van der Waals surface area contributed by atoms with Crippen molar-refractivity contribution in [2.45, 2.75) is 25.7 Å². The average molecular weight is 313 g/mol. The first kappa shape index (κ1) is 13.0. The van der Waals surface area contributed by atoms with Gasteiger partial charge in [-0.15, -0.1) is 0 Å². The van der Waals surface area contributed by atoms with E-state index in [1.165, 1.54) is 24.1 Å². The van der Waals surface area contributed by atoms with Gasteiger partial charge in [0.15, 0.2) is 4.77 Å². The monoisotopic (exact) mass is 313 g/mol. The number of para-hydroxylation sites is 1. The first-order valence-electron chi connectivity index (χ1n) is 7.20. The summed E-state index contributed by atoms with van der Waals surface area (Å²) < 4.78 is 3.63. The molecule has 0 atom stereocenters. The quantitative estimate of drug-likeness (QED) is 0.643. The van der Waals surface area contributed by atoms with Crippen LogP contribution in [0.15, 0.2) is 30.3 Å². The predicted octanol–water partition coefficient (Wildman–Crippen LogP) is 4.62. The third kappa shape index (κ3) is 2.00. The van der Waals surface area contributed by atoms with Gasteiger partial charge in [0.1, 0.15) is 10.3 Å². The van der Waals surface area contributed by atoms with Gasteiger partial charge in [0.2, 0.25) is 0 Å². The van der Waals surface area contributed by atoms with Crippen molar-refractivity contribution in [3.8, 4) is 5.69 Å². The summed E-state index contributed by atoms with van der Waals surface area (Å²) in [5.74, 6) is 0.